The van der Waals surface area contributed by atoms with Gasteiger partial charge in [-0.05, 0) is 67.1 Å². The van der Waals surface area contributed by atoms with E-state index in [-0.39, 0.29) is 23.8 Å². The molecule has 2 aliphatic rings. The Morgan fingerprint density at radius 2 is 1.67 bits per heavy atom. The van der Waals surface area contributed by atoms with Gasteiger partial charge in [-0.3, -0.25) is 14.4 Å². The lowest BCUT2D eigenvalue weighted by molar-refractivity contribution is -0.122. The highest BCUT2D eigenvalue weighted by Crippen LogP contribution is 2.33. The molecule has 1 fully saturated rings. The first-order valence-corrected chi connectivity index (χ1v) is 12.7. The van der Waals surface area contributed by atoms with Crippen LogP contribution in [0.2, 0.25) is 0 Å². The molecule has 1 N–H and O–H groups in total. The summed E-state index contributed by atoms with van der Waals surface area (Å²) < 4.78 is 0. The third-order valence-corrected chi connectivity index (χ3v) is 7.28. The molecule has 0 aromatic heterocycles. The van der Waals surface area contributed by atoms with Crippen molar-refractivity contribution >= 4 is 23.4 Å². The Kier molecular flexibility index (Phi) is 6.59. The summed E-state index contributed by atoms with van der Waals surface area (Å²) in [5.41, 5.74) is 5.00. The van der Waals surface area contributed by atoms with E-state index in [4.69, 9.17) is 0 Å². The van der Waals surface area contributed by atoms with Crippen molar-refractivity contribution in [3.8, 4) is 0 Å². The number of anilines is 1. The first kappa shape index (κ1) is 23.8. The molecule has 0 unspecified atom stereocenters. The smallest absolute Gasteiger partial charge is 0.256 e. The van der Waals surface area contributed by atoms with E-state index in [9.17, 15) is 14.4 Å². The molecule has 5 rings (SSSR count). The normalized spacial score (nSPS) is 17.9. The third kappa shape index (κ3) is 4.51. The predicted molar refractivity (Wildman–Crippen MR) is 140 cm³/mol. The highest BCUT2D eigenvalue weighted by molar-refractivity contribution is 6.11. The van der Waals surface area contributed by atoms with Crippen LogP contribution in [-0.4, -0.2) is 35.2 Å². The zero-order chi connectivity index (χ0) is 25.2. The number of carbonyl (C=O) groups excluding carboxylic acids is 3. The second-order valence-corrected chi connectivity index (χ2v) is 9.59. The van der Waals surface area contributed by atoms with Gasteiger partial charge in [0, 0.05) is 12.1 Å². The van der Waals surface area contributed by atoms with Crippen LogP contribution in [0.5, 0.6) is 0 Å². The summed E-state index contributed by atoms with van der Waals surface area (Å²) in [5, 5.41) is 3.06. The van der Waals surface area contributed by atoms with Crippen LogP contribution in [0.1, 0.15) is 70.1 Å². The maximum absolute atomic E-state index is 13.5. The summed E-state index contributed by atoms with van der Waals surface area (Å²) >= 11 is 0. The molecule has 3 amide bonds. The van der Waals surface area contributed by atoms with E-state index in [1.807, 2.05) is 37.3 Å². The molecule has 184 valence electrons. The van der Waals surface area contributed by atoms with E-state index in [1.165, 1.54) is 5.56 Å². The van der Waals surface area contributed by atoms with Crippen LogP contribution in [0.3, 0.4) is 0 Å². The highest BCUT2D eigenvalue weighted by atomic mass is 16.2. The molecule has 2 aliphatic heterocycles. The van der Waals surface area contributed by atoms with Gasteiger partial charge in [0.25, 0.3) is 11.8 Å². The molecule has 0 bridgehead atoms. The fraction of sp³-hybridized carbons (Fsp3) is 0.300. The Morgan fingerprint density at radius 1 is 0.972 bits per heavy atom. The number of hydrogen-bond donors (Lipinski definition) is 1. The van der Waals surface area contributed by atoms with Crippen LogP contribution < -0.4 is 10.2 Å². The highest BCUT2D eigenvalue weighted by Gasteiger charge is 2.41. The van der Waals surface area contributed by atoms with Crippen molar-refractivity contribution in [1.29, 1.82) is 0 Å². The number of carbonyl (C=O) groups is 3. The molecular formula is C30H31N3O3. The Hall–Kier alpha value is -3.93. The zero-order valence-electron chi connectivity index (χ0n) is 20.7. The minimum Gasteiger partial charge on any atom is -0.346 e. The van der Waals surface area contributed by atoms with E-state index in [0.717, 1.165) is 24.0 Å². The predicted octanol–water partition coefficient (Wildman–Crippen LogP) is 4.89. The van der Waals surface area contributed by atoms with Crippen LogP contribution in [0.15, 0.2) is 72.8 Å². The molecule has 6 nitrogen and oxygen atoms in total. The minimum atomic E-state index is -0.414. The Bertz CT molecular complexity index is 1280. The number of benzene rings is 3. The molecule has 6 heteroatoms. The first-order valence-electron chi connectivity index (χ1n) is 12.7. The van der Waals surface area contributed by atoms with Crippen LogP contribution in [-0.2, 0) is 17.8 Å². The van der Waals surface area contributed by atoms with Gasteiger partial charge in [0.05, 0.1) is 23.8 Å². The van der Waals surface area contributed by atoms with Crippen molar-refractivity contribution in [2.75, 3.05) is 11.4 Å². The topological polar surface area (TPSA) is 69.7 Å². The second kappa shape index (κ2) is 9.97. The van der Waals surface area contributed by atoms with Gasteiger partial charge in [0.2, 0.25) is 5.91 Å². The second-order valence-electron chi connectivity index (χ2n) is 9.59. The minimum absolute atomic E-state index is 0.0458. The van der Waals surface area contributed by atoms with Gasteiger partial charge in [0.15, 0.2) is 0 Å². The number of hydrogen-bond acceptors (Lipinski definition) is 3. The number of para-hydroxylation sites is 1. The maximum atomic E-state index is 13.5. The van der Waals surface area contributed by atoms with E-state index in [1.54, 1.807) is 28.0 Å². The molecule has 0 saturated carbocycles. The van der Waals surface area contributed by atoms with E-state index < -0.39 is 6.04 Å². The molecule has 36 heavy (non-hydrogen) atoms. The van der Waals surface area contributed by atoms with Crippen molar-refractivity contribution < 1.29 is 14.4 Å². The SMILES string of the molecule is CCc1ccc([C@H](C)NC(=O)c2ccc(CN3C(=O)[C@H]4CCCN4C(=O)c4ccccc43)cc2)cc1. The number of fused-ring (bicyclic) bond motifs is 2. The van der Waals surface area contributed by atoms with Gasteiger partial charge in [-0.2, -0.15) is 0 Å². The Balaban J connectivity index is 1.32. The molecule has 3 aromatic carbocycles. The van der Waals surface area contributed by atoms with E-state index >= 15 is 0 Å². The quantitative estimate of drug-likeness (QED) is 0.545. The van der Waals surface area contributed by atoms with Crippen molar-refractivity contribution in [2.24, 2.45) is 0 Å². The number of rotatable bonds is 6. The average Bonchev–Trinajstić information content (AvgIpc) is 3.39. The number of amides is 3. The van der Waals surface area contributed by atoms with Crippen molar-refractivity contribution in [2.45, 2.75) is 51.7 Å². The number of aryl methyl sites for hydroxylation is 1. The zero-order valence-corrected chi connectivity index (χ0v) is 20.7. The lowest BCUT2D eigenvalue weighted by atomic mass is 10.0. The van der Waals surface area contributed by atoms with Crippen molar-refractivity contribution in [3.63, 3.8) is 0 Å². The fourth-order valence-electron chi connectivity index (χ4n) is 5.12. The van der Waals surface area contributed by atoms with Gasteiger partial charge in [-0.15, -0.1) is 0 Å². The third-order valence-electron chi connectivity index (χ3n) is 7.28. The lowest BCUT2D eigenvalue weighted by Crippen LogP contribution is -2.44. The molecular weight excluding hydrogens is 450 g/mol. The van der Waals surface area contributed by atoms with Crippen LogP contribution >= 0.6 is 0 Å². The summed E-state index contributed by atoms with van der Waals surface area (Å²) in [4.78, 5) is 42.9. The van der Waals surface area contributed by atoms with Gasteiger partial charge >= 0.3 is 0 Å². The van der Waals surface area contributed by atoms with Gasteiger partial charge < -0.3 is 15.1 Å². The van der Waals surface area contributed by atoms with Crippen LogP contribution in [0.25, 0.3) is 0 Å². The standard InChI is InChI=1S/C30H31N3O3/c1-3-21-10-14-23(15-11-21)20(2)31-28(34)24-16-12-22(13-17-24)19-33-26-8-5-4-7-25(26)29(35)32-18-6-9-27(32)30(33)36/h4-5,7-8,10-17,20,27H,3,6,9,18-19H2,1-2H3,(H,31,34)/t20-,27+/m0/s1. The van der Waals surface area contributed by atoms with Gasteiger partial charge in [-0.25, -0.2) is 0 Å². The molecule has 0 radical (unpaired) electrons. The fourth-order valence-corrected chi connectivity index (χ4v) is 5.12. The molecule has 0 aliphatic carbocycles. The van der Waals surface area contributed by atoms with Crippen LogP contribution in [0.4, 0.5) is 5.69 Å². The van der Waals surface area contributed by atoms with Crippen molar-refractivity contribution in [3.05, 3.63) is 101 Å². The van der Waals surface area contributed by atoms with Gasteiger partial charge in [0.1, 0.15) is 6.04 Å². The summed E-state index contributed by atoms with van der Waals surface area (Å²) in [5.74, 6) is -0.262. The summed E-state index contributed by atoms with van der Waals surface area (Å²) in [6.07, 6.45) is 2.51. The average molecular weight is 482 g/mol. The summed E-state index contributed by atoms with van der Waals surface area (Å²) in [6, 6.07) is 22.4. The lowest BCUT2D eigenvalue weighted by Gasteiger charge is -2.26. The molecule has 2 atom stereocenters. The monoisotopic (exact) mass is 481 g/mol. The molecule has 2 heterocycles. The largest absolute Gasteiger partial charge is 0.346 e. The van der Waals surface area contributed by atoms with Crippen molar-refractivity contribution in [1.82, 2.24) is 10.2 Å². The summed E-state index contributed by atoms with van der Waals surface area (Å²) in [7, 11) is 0. The van der Waals surface area contributed by atoms with E-state index in [0.29, 0.717) is 36.3 Å². The first-order chi connectivity index (χ1) is 17.5. The molecule has 0 spiro atoms. The number of nitrogens with zero attached hydrogens (tertiary/aromatic N) is 2. The summed E-state index contributed by atoms with van der Waals surface area (Å²) in [6.45, 7) is 5.05. The van der Waals surface area contributed by atoms with Gasteiger partial charge in [-0.1, -0.05) is 55.5 Å². The Morgan fingerprint density at radius 3 is 2.39 bits per heavy atom. The Labute approximate surface area is 211 Å². The van der Waals surface area contributed by atoms with Crippen LogP contribution in [0, 0.1) is 0 Å². The number of nitrogens with one attached hydrogen (secondary N) is 1. The van der Waals surface area contributed by atoms with E-state index in [2.05, 4.69) is 36.5 Å². The maximum Gasteiger partial charge on any atom is 0.256 e. The molecule has 1 saturated heterocycles. The molecule has 3 aromatic rings.